The fraction of sp³-hybridized carbons (Fsp3) is 0.435. The fourth-order valence-corrected chi connectivity index (χ4v) is 4.78. The van der Waals surface area contributed by atoms with Gasteiger partial charge >= 0.3 is 5.97 Å². The Kier molecular flexibility index (Phi) is 6.97. The molecule has 1 N–H and O–H groups in total. The zero-order chi connectivity index (χ0) is 19.1. The van der Waals surface area contributed by atoms with Crippen LogP contribution in [0.15, 0.2) is 60.7 Å². The number of piperidine rings is 1. The average Bonchev–Trinajstić information content (AvgIpc) is 2.70. The summed E-state index contributed by atoms with van der Waals surface area (Å²) in [7, 11) is 0. The number of thioether (sulfide) groups is 1. The molecule has 1 heterocycles. The summed E-state index contributed by atoms with van der Waals surface area (Å²) in [4.78, 5) is 12.6. The van der Waals surface area contributed by atoms with Crippen LogP contribution in [0.25, 0.3) is 0 Å². The molecule has 1 aliphatic rings. The maximum absolute atomic E-state index is 12.6. The molecule has 0 bridgehead atoms. The number of hydrogen-bond acceptors (Lipinski definition) is 4. The first-order chi connectivity index (χ1) is 13.1. The molecule has 0 atom stereocenters. The number of carbonyl (C=O) groups excluding carboxylic acids is 1. The summed E-state index contributed by atoms with van der Waals surface area (Å²) >= 11 is 1.64. The maximum atomic E-state index is 12.6. The minimum absolute atomic E-state index is 0.125. The second kappa shape index (κ2) is 9.43. The number of carbonyl (C=O) groups is 1. The lowest BCUT2D eigenvalue weighted by Gasteiger charge is -2.36. The summed E-state index contributed by atoms with van der Waals surface area (Å²) in [6, 6.07) is 20.7. The zero-order valence-electron chi connectivity index (χ0n) is 16.2. The molecule has 4 heteroatoms. The van der Waals surface area contributed by atoms with Crippen LogP contribution in [-0.4, -0.2) is 30.4 Å². The van der Waals surface area contributed by atoms with Crippen LogP contribution < -0.4 is 5.32 Å². The second-order valence-corrected chi connectivity index (χ2v) is 8.71. The molecule has 1 saturated heterocycles. The van der Waals surface area contributed by atoms with Crippen LogP contribution in [-0.2, 0) is 9.53 Å². The molecule has 0 aliphatic carbocycles. The van der Waals surface area contributed by atoms with Crippen LogP contribution in [0.4, 0.5) is 0 Å². The van der Waals surface area contributed by atoms with Crippen molar-refractivity contribution >= 4 is 17.7 Å². The van der Waals surface area contributed by atoms with Gasteiger partial charge in [-0.3, -0.25) is 4.79 Å². The highest BCUT2D eigenvalue weighted by Crippen LogP contribution is 2.36. The lowest BCUT2D eigenvalue weighted by molar-refractivity contribution is -0.159. The van der Waals surface area contributed by atoms with Crippen molar-refractivity contribution in [2.24, 2.45) is 5.92 Å². The predicted molar refractivity (Wildman–Crippen MR) is 113 cm³/mol. The minimum atomic E-state index is -0.408. The van der Waals surface area contributed by atoms with Crippen LogP contribution in [0.3, 0.4) is 0 Å². The summed E-state index contributed by atoms with van der Waals surface area (Å²) < 4.78 is 5.91. The summed E-state index contributed by atoms with van der Waals surface area (Å²) in [5.41, 5.74) is 2.01. The Labute approximate surface area is 166 Å². The molecular formula is C23H29NO2S. The number of esters is 1. The Morgan fingerprint density at radius 1 is 1.04 bits per heavy atom. The lowest BCUT2D eigenvalue weighted by atomic mass is 9.83. The molecular weight excluding hydrogens is 354 g/mol. The normalized spacial score (nSPS) is 15.7. The van der Waals surface area contributed by atoms with Gasteiger partial charge in [0.1, 0.15) is 5.60 Å². The Bertz CT molecular complexity index is 672. The zero-order valence-corrected chi connectivity index (χ0v) is 17.0. The van der Waals surface area contributed by atoms with Gasteiger partial charge in [0.15, 0.2) is 0 Å². The smallest absolute Gasteiger partial charge is 0.316 e. The van der Waals surface area contributed by atoms with E-state index < -0.39 is 5.60 Å². The van der Waals surface area contributed by atoms with E-state index in [-0.39, 0.29) is 11.2 Å². The Morgan fingerprint density at radius 2 is 1.56 bits per heavy atom. The number of nitrogens with one attached hydrogen (secondary N) is 1. The molecule has 3 rings (SSSR count). The van der Waals surface area contributed by atoms with E-state index in [2.05, 4.69) is 43.4 Å². The number of rotatable bonds is 7. The van der Waals surface area contributed by atoms with Crippen molar-refractivity contribution in [3.63, 3.8) is 0 Å². The molecule has 27 heavy (non-hydrogen) atoms. The third-order valence-corrected chi connectivity index (χ3v) is 6.55. The molecule has 0 amide bonds. The summed E-state index contributed by atoms with van der Waals surface area (Å²) in [6.45, 7) is 6.11. The minimum Gasteiger partial charge on any atom is -0.459 e. The molecule has 3 nitrogen and oxygen atoms in total. The summed E-state index contributed by atoms with van der Waals surface area (Å²) in [6.07, 6.45) is 2.12. The van der Waals surface area contributed by atoms with Gasteiger partial charge in [0.2, 0.25) is 0 Å². The van der Waals surface area contributed by atoms with Crippen molar-refractivity contribution in [1.29, 1.82) is 0 Å². The fourth-order valence-electron chi connectivity index (χ4n) is 3.72. The van der Waals surface area contributed by atoms with Gasteiger partial charge in [0.05, 0.1) is 11.0 Å². The molecule has 144 valence electrons. The van der Waals surface area contributed by atoms with Gasteiger partial charge in [-0.2, -0.15) is 0 Å². The van der Waals surface area contributed by atoms with Crippen LogP contribution in [0.1, 0.15) is 43.1 Å². The van der Waals surface area contributed by atoms with E-state index in [1.807, 2.05) is 36.4 Å². The molecule has 0 unspecified atom stereocenters. The first-order valence-corrected chi connectivity index (χ1v) is 10.8. The Hall–Kier alpha value is -1.78. The largest absolute Gasteiger partial charge is 0.459 e. The Morgan fingerprint density at radius 3 is 2.07 bits per heavy atom. The molecule has 2 aromatic rings. The molecule has 0 spiro atoms. The second-order valence-electron chi connectivity index (χ2n) is 7.61. The topological polar surface area (TPSA) is 38.3 Å². The Balaban J connectivity index is 1.64. The van der Waals surface area contributed by atoms with E-state index in [1.165, 1.54) is 11.1 Å². The van der Waals surface area contributed by atoms with Crippen molar-refractivity contribution in [3.8, 4) is 0 Å². The van der Waals surface area contributed by atoms with Gasteiger partial charge in [-0.25, -0.2) is 0 Å². The highest BCUT2D eigenvalue weighted by atomic mass is 32.2. The van der Waals surface area contributed by atoms with Crippen LogP contribution in [0, 0.1) is 5.92 Å². The quantitative estimate of drug-likeness (QED) is 0.695. The van der Waals surface area contributed by atoms with Gasteiger partial charge < -0.3 is 10.1 Å². The monoisotopic (exact) mass is 383 g/mol. The molecule has 0 radical (unpaired) electrons. The van der Waals surface area contributed by atoms with E-state index in [1.54, 1.807) is 11.8 Å². The molecule has 1 aliphatic heterocycles. The first-order valence-electron chi connectivity index (χ1n) is 9.70. The summed E-state index contributed by atoms with van der Waals surface area (Å²) in [5.74, 6) is 0.648. The van der Waals surface area contributed by atoms with Crippen molar-refractivity contribution in [3.05, 3.63) is 71.8 Å². The SMILES string of the molecule is CC(C)(OC(=O)CSC(c1ccccc1)c1ccccc1)C1CCNCC1. The van der Waals surface area contributed by atoms with Crippen molar-refractivity contribution in [1.82, 2.24) is 5.32 Å². The van der Waals surface area contributed by atoms with Crippen molar-refractivity contribution in [2.75, 3.05) is 18.8 Å². The first kappa shape index (κ1) is 20.0. The van der Waals surface area contributed by atoms with Gasteiger partial charge in [-0.05, 0) is 50.9 Å². The standard InChI is InChI=1S/C23H29NO2S/c1-23(2,20-13-15-24-16-14-20)26-21(25)17-27-22(18-9-5-3-6-10-18)19-11-7-4-8-12-19/h3-12,20,22,24H,13-17H2,1-2H3. The average molecular weight is 384 g/mol. The van der Waals surface area contributed by atoms with Crippen molar-refractivity contribution < 1.29 is 9.53 Å². The number of ether oxygens (including phenoxy) is 1. The third-order valence-electron chi connectivity index (χ3n) is 5.27. The van der Waals surface area contributed by atoms with Crippen LogP contribution in [0.2, 0.25) is 0 Å². The molecule has 2 aromatic carbocycles. The van der Waals surface area contributed by atoms with E-state index in [9.17, 15) is 4.79 Å². The van der Waals surface area contributed by atoms with E-state index in [0.717, 1.165) is 25.9 Å². The maximum Gasteiger partial charge on any atom is 0.316 e. The molecule has 1 fully saturated rings. The van der Waals surface area contributed by atoms with Gasteiger partial charge in [0.25, 0.3) is 0 Å². The lowest BCUT2D eigenvalue weighted by Crippen LogP contribution is -2.43. The van der Waals surface area contributed by atoms with E-state index in [0.29, 0.717) is 11.7 Å². The molecule has 0 aromatic heterocycles. The number of benzene rings is 2. The third kappa shape index (κ3) is 5.60. The number of hydrogen-bond donors (Lipinski definition) is 1. The van der Waals surface area contributed by atoms with Crippen molar-refractivity contribution in [2.45, 2.75) is 37.5 Å². The van der Waals surface area contributed by atoms with Gasteiger partial charge in [-0.15, -0.1) is 11.8 Å². The highest BCUT2D eigenvalue weighted by molar-refractivity contribution is 8.00. The summed E-state index contributed by atoms with van der Waals surface area (Å²) in [5, 5.41) is 3.50. The van der Waals surface area contributed by atoms with Crippen LogP contribution in [0.5, 0.6) is 0 Å². The van der Waals surface area contributed by atoms with Gasteiger partial charge in [0, 0.05) is 5.92 Å². The molecule has 0 saturated carbocycles. The van der Waals surface area contributed by atoms with E-state index in [4.69, 9.17) is 4.74 Å². The van der Waals surface area contributed by atoms with E-state index >= 15 is 0 Å². The predicted octanol–water partition coefficient (Wildman–Crippen LogP) is 4.83. The highest BCUT2D eigenvalue weighted by Gasteiger charge is 2.34. The van der Waals surface area contributed by atoms with Gasteiger partial charge in [-0.1, -0.05) is 60.7 Å². The van der Waals surface area contributed by atoms with Crippen LogP contribution >= 0.6 is 11.8 Å².